The average molecular weight is 282 g/mol. The van der Waals surface area contributed by atoms with Crippen LogP contribution in [-0.4, -0.2) is 50.9 Å². The molecule has 0 atom stereocenters. The summed E-state index contributed by atoms with van der Waals surface area (Å²) in [7, 11) is 0. The lowest BCUT2D eigenvalue weighted by Crippen LogP contribution is -2.44. The Kier molecular flexibility index (Phi) is 4.01. The standard InChI is InChI=1S/C12H22N6O2/c1-12(2,3)20-11(19)18-6-4-8(5-7-18)14-10-15-9(13)16-17-10/h8H,4-7H2,1-3H3,(H4,13,14,15,16,17). The topological polar surface area (TPSA) is 109 Å². The number of H-pyrrole nitrogens is 1. The average Bonchev–Trinajstić information content (AvgIpc) is 2.73. The molecule has 1 aromatic heterocycles. The first-order valence-electron chi connectivity index (χ1n) is 6.76. The van der Waals surface area contributed by atoms with Crippen LogP contribution in [-0.2, 0) is 4.74 Å². The monoisotopic (exact) mass is 282 g/mol. The van der Waals surface area contributed by atoms with Gasteiger partial charge in [0.15, 0.2) is 0 Å². The maximum Gasteiger partial charge on any atom is 0.410 e. The number of anilines is 2. The fourth-order valence-electron chi connectivity index (χ4n) is 2.05. The van der Waals surface area contributed by atoms with Gasteiger partial charge in [-0.05, 0) is 33.6 Å². The Morgan fingerprint density at radius 3 is 2.60 bits per heavy atom. The van der Waals surface area contributed by atoms with E-state index >= 15 is 0 Å². The van der Waals surface area contributed by atoms with Crippen molar-refractivity contribution in [2.75, 3.05) is 24.1 Å². The van der Waals surface area contributed by atoms with Gasteiger partial charge in [0.25, 0.3) is 0 Å². The molecule has 20 heavy (non-hydrogen) atoms. The molecule has 0 saturated carbocycles. The minimum absolute atomic E-state index is 0.240. The quantitative estimate of drug-likeness (QED) is 0.752. The molecule has 0 spiro atoms. The second kappa shape index (κ2) is 5.56. The van der Waals surface area contributed by atoms with E-state index < -0.39 is 5.60 Å². The summed E-state index contributed by atoms with van der Waals surface area (Å²) in [6.45, 7) is 6.92. The maximum absolute atomic E-state index is 11.9. The number of nitrogens with zero attached hydrogens (tertiary/aromatic N) is 3. The van der Waals surface area contributed by atoms with Crippen LogP contribution in [0.5, 0.6) is 0 Å². The molecule has 1 fully saturated rings. The highest BCUT2D eigenvalue weighted by Gasteiger charge is 2.27. The largest absolute Gasteiger partial charge is 0.444 e. The van der Waals surface area contributed by atoms with Crippen LogP contribution in [0.3, 0.4) is 0 Å². The van der Waals surface area contributed by atoms with Gasteiger partial charge in [-0.2, -0.15) is 4.98 Å². The predicted octanol–water partition coefficient (Wildman–Crippen LogP) is 1.20. The number of piperidine rings is 1. The zero-order valence-electron chi connectivity index (χ0n) is 12.1. The molecule has 112 valence electrons. The third-order valence-corrected chi connectivity index (χ3v) is 2.98. The number of amides is 1. The van der Waals surface area contributed by atoms with Gasteiger partial charge in [-0.15, -0.1) is 5.10 Å². The lowest BCUT2D eigenvalue weighted by atomic mass is 10.1. The van der Waals surface area contributed by atoms with Crippen LogP contribution in [0.25, 0.3) is 0 Å². The van der Waals surface area contributed by atoms with Crippen LogP contribution in [0.4, 0.5) is 16.7 Å². The molecule has 4 N–H and O–H groups in total. The van der Waals surface area contributed by atoms with E-state index in [4.69, 9.17) is 10.5 Å². The molecule has 8 nitrogen and oxygen atoms in total. The van der Waals surface area contributed by atoms with E-state index in [1.807, 2.05) is 20.8 Å². The van der Waals surface area contributed by atoms with Crippen LogP contribution in [0, 0.1) is 0 Å². The fourth-order valence-corrected chi connectivity index (χ4v) is 2.05. The molecule has 1 aliphatic heterocycles. The van der Waals surface area contributed by atoms with Gasteiger partial charge in [-0.25, -0.2) is 9.89 Å². The van der Waals surface area contributed by atoms with Crippen LogP contribution in [0.15, 0.2) is 0 Å². The normalized spacial score (nSPS) is 17.1. The van der Waals surface area contributed by atoms with Crippen molar-refractivity contribution in [2.24, 2.45) is 0 Å². The molecule has 0 aromatic carbocycles. The van der Waals surface area contributed by atoms with Crippen molar-refractivity contribution in [3.8, 4) is 0 Å². The molecule has 2 rings (SSSR count). The first kappa shape index (κ1) is 14.4. The summed E-state index contributed by atoms with van der Waals surface area (Å²) >= 11 is 0. The van der Waals surface area contributed by atoms with Gasteiger partial charge in [0, 0.05) is 19.1 Å². The SMILES string of the molecule is CC(C)(C)OC(=O)N1CCC(Nc2n[nH]c(N)n2)CC1. The Hall–Kier alpha value is -1.99. The number of hydrogen-bond acceptors (Lipinski definition) is 6. The molecular formula is C12H22N6O2. The summed E-state index contributed by atoms with van der Waals surface area (Å²) in [5, 5.41) is 9.71. The Balaban J connectivity index is 1.79. The summed E-state index contributed by atoms with van der Waals surface area (Å²) in [5.74, 6) is 0.789. The lowest BCUT2D eigenvalue weighted by Gasteiger charge is -2.33. The highest BCUT2D eigenvalue weighted by Crippen LogP contribution is 2.17. The number of carbonyl (C=O) groups is 1. The zero-order chi connectivity index (χ0) is 14.8. The number of nitrogens with two attached hydrogens (primary N) is 1. The number of aromatic amines is 1. The van der Waals surface area contributed by atoms with E-state index in [0.29, 0.717) is 25.0 Å². The smallest absolute Gasteiger partial charge is 0.410 e. The molecule has 1 saturated heterocycles. The van der Waals surface area contributed by atoms with Gasteiger partial charge in [0.2, 0.25) is 11.9 Å². The summed E-state index contributed by atoms with van der Waals surface area (Å²) in [6.07, 6.45) is 1.40. The van der Waals surface area contributed by atoms with Gasteiger partial charge in [-0.1, -0.05) is 0 Å². The summed E-state index contributed by atoms with van der Waals surface area (Å²) < 4.78 is 5.35. The van der Waals surface area contributed by atoms with Crippen LogP contribution in [0.1, 0.15) is 33.6 Å². The Morgan fingerprint density at radius 2 is 2.10 bits per heavy atom. The third kappa shape index (κ3) is 4.01. The minimum Gasteiger partial charge on any atom is -0.444 e. The molecule has 1 aromatic rings. The van der Waals surface area contributed by atoms with Gasteiger partial charge in [0.05, 0.1) is 0 Å². The number of aromatic nitrogens is 3. The van der Waals surface area contributed by atoms with E-state index in [1.54, 1.807) is 4.90 Å². The Bertz CT molecular complexity index is 459. The number of likely N-dealkylation sites (tertiary alicyclic amines) is 1. The van der Waals surface area contributed by atoms with E-state index in [2.05, 4.69) is 20.5 Å². The summed E-state index contributed by atoms with van der Waals surface area (Å²) in [4.78, 5) is 17.7. The third-order valence-electron chi connectivity index (χ3n) is 2.98. The molecule has 1 aliphatic rings. The van der Waals surface area contributed by atoms with Crippen molar-refractivity contribution in [1.29, 1.82) is 0 Å². The van der Waals surface area contributed by atoms with E-state index in [-0.39, 0.29) is 12.1 Å². The lowest BCUT2D eigenvalue weighted by molar-refractivity contribution is 0.0210. The Morgan fingerprint density at radius 1 is 1.45 bits per heavy atom. The fraction of sp³-hybridized carbons (Fsp3) is 0.750. The zero-order valence-corrected chi connectivity index (χ0v) is 12.1. The molecule has 2 heterocycles. The Labute approximate surface area is 118 Å². The highest BCUT2D eigenvalue weighted by atomic mass is 16.6. The minimum atomic E-state index is -0.456. The van der Waals surface area contributed by atoms with Crippen molar-refractivity contribution in [1.82, 2.24) is 20.1 Å². The number of carbonyl (C=O) groups excluding carboxylic acids is 1. The van der Waals surface area contributed by atoms with Crippen molar-refractivity contribution in [3.63, 3.8) is 0 Å². The van der Waals surface area contributed by atoms with E-state index in [9.17, 15) is 4.79 Å². The first-order chi connectivity index (χ1) is 9.33. The van der Waals surface area contributed by atoms with Crippen molar-refractivity contribution in [3.05, 3.63) is 0 Å². The second-order valence-electron chi connectivity index (χ2n) is 5.93. The molecule has 1 amide bonds. The number of ether oxygens (including phenoxy) is 1. The van der Waals surface area contributed by atoms with Gasteiger partial charge >= 0.3 is 6.09 Å². The molecule has 0 aliphatic carbocycles. The predicted molar refractivity (Wildman–Crippen MR) is 75.2 cm³/mol. The molecule has 0 unspecified atom stereocenters. The molecule has 0 radical (unpaired) electrons. The number of rotatable bonds is 2. The van der Waals surface area contributed by atoms with Gasteiger partial charge in [0.1, 0.15) is 5.60 Å². The number of nitrogens with one attached hydrogen (secondary N) is 2. The van der Waals surface area contributed by atoms with Crippen molar-refractivity contribution in [2.45, 2.75) is 45.3 Å². The molecule has 0 bridgehead atoms. The first-order valence-corrected chi connectivity index (χ1v) is 6.76. The van der Waals surface area contributed by atoms with Gasteiger partial charge in [-0.3, -0.25) is 0 Å². The molecular weight excluding hydrogens is 260 g/mol. The number of nitrogen functional groups attached to an aromatic ring is 1. The van der Waals surface area contributed by atoms with Crippen molar-refractivity contribution >= 4 is 18.0 Å². The summed E-state index contributed by atoms with van der Waals surface area (Å²) in [6, 6.07) is 0.240. The van der Waals surface area contributed by atoms with E-state index in [1.165, 1.54) is 0 Å². The molecule has 8 heteroatoms. The van der Waals surface area contributed by atoms with Crippen LogP contribution >= 0.6 is 0 Å². The van der Waals surface area contributed by atoms with E-state index in [0.717, 1.165) is 12.8 Å². The van der Waals surface area contributed by atoms with Crippen LogP contribution < -0.4 is 11.1 Å². The second-order valence-corrected chi connectivity index (χ2v) is 5.93. The van der Waals surface area contributed by atoms with Crippen molar-refractivity contribution < 1.29 is 9.53 Å². The maximum atomic E-state index is 11.9. The van der Waals surface area contributed by atoms with Crippen LogP contribution in [0.2, 0.25) is 0 Å². The number of hydrogen-bond donors (Lipinski definition) is 3. The van der Waals surface area contributed by atoms with Gasteiger partial charge < -0.3 is 20.7 Å². The summed E-state index contributed by atoms with van der Waals surface area (Å²) in [5.41, 5.74) is 5.01. The highest BCUT2D eigenvalue weighted by molar-refractivity contribution is 5.68.